The zero-order valence-electron chi connectivity index (χ0n) is 20.7. The minimum Gasteiger partial charge on any atom is -0.507 e. The van der Waals surface area contributed by atoms with Crippen molar-refractivity contribution >= 4 is 29.9 Å². The van der Waals surface area contributed by atoms with Gasteiger partial charge >= 0.3 is 0 Å². The van der Waals surface area contributed by atoms with E-state index in [4.69, 9.17) is 14.2 Å². The van der Waals surface area contributed by atoms with Crippen molar-refractivity contribution in [1.82, 2.24) is 9.80 Å². The van der Waals surface area contributed by atoms with Crippen molar-refractivity contribution in [3.8, 4) is 17.2 Å². The Balaban J connectivity index is 0.00000432. The van der Waals surface area contributed by atoms with E-state index in [1.165, 1.54) is 26.2 Å². The first-order valence-corrected chi connectivity index (χ1v) is 11.3. The standard InChI is InChI=1S/C26H32N2O6.ClH/c1-6-27(7-2)13-14-28-22(18-15-19(32-3)25(34-5)20(16-18)33-4)21(24(30)26(28)31)23(29)17-11-9-8-10-12-17;/h8-12,15-16,22,29H,6-7,13-14H2,1-5H3;1H. The molecule has 0 radical (unpaired) electrons. The van der Waals surface area contributed by atoms with Crippen LogP contribution in [0, 0.1) is 0 Å². The lowest BCUT2D eigenvalue weighted by molar-refractivity contribution is -0.140. The molecule has 1 aliphatic rings. The molecule has 2 aromatic carbocycles. The van der Waals surface area contributed by atoms with E-state index in [1.54, 1.807) is 36.4 Å². The van der Waals surface area contributed by atoms with E-state index in [9.17, 15) is 14.7 Å². The molecule has 0 bridgehead atoms. The number of Topliss-reactive ketones (excluding diaryl/α,β-unsaturated/α-hetero) is 1. The number of likely N-dealkylation sites (N-methyl/N-ethyl adjacent to an activating group) is 1. The third-order valence-electron chi connectivity index (χ3n) is 6.14. The van der Waals surface area contributed by atoms with Gasteiger partial charge in [0.2, 0.25) is 5.75 Å². The minimum absolute atomic E-state index is 0. The topological polar surface area (TPSA) is 88.5 Å². The number of amides is 1. The first kappa shape index (κ1) is 28.0. The van der Waals surface area contributed by atoms with Gasteiger partial charge in [0, 0.05) is 18.7 Å². The summed E-state index contributed by atoms with van der Waals surface area (Å²) in [7, 11) is 4.51. The summed E-state index contributed by atoms with van der Waals surface area (Å²) in [5, 5.41) is 11.2. The van der Waals surface area contributed by atoms with Crippen LogP contribution in [0.15, 0.2) is 48.0 Å². The highest BCUT2D eigenvalue weighted by atomic mass is 35.5. The molecule has 1 fully saturated rings. The van der Waals surface area contributed by atoms with E-state index < -0.39 is 17.7 Å². The Bertz CT molecular complexity index is 1040. The van der Waals surface area contributed by atoms with Crippen LogP contribution in [0.3, 0.4) is 0 Å². The van der Waals surface area contributed by atoms with E-state index in [1.807, 2.05) is 19.9 Å². The van der Waals surface area contributed by atoms with Crippen molar-refractivity contribution in [3.63, 3.8) is 0 Å². The van der Waals surface area contributed by atoms with Crippen LogP contribution >= 0.6 is 12.4 Å². The van der Waals surface area contributed by atoms with Crippen molar-refractivity contribution in [1.29, 1.82) is 0 Å². The van der Waals surface area contributed by atoms with Gasteiger partial charge in [-0.15, -0.1) is 12.4 Å². The maximum atomic E-state index is 13.2. The summed E-state index contributed by atoms with van der Waals surface area (Å²) in [6.45, 7) is 6.64. The molecule has 9 heteroatoms. The number of rotatable bonds is 10. The summed E-state index contributed by atoms with van der Waals surface area (Å²) in [5.41, 5.74) is 1.07. The quantitative estimate of drug-likeness (QED) is 0.298. The lowest BCUT2D eigenvalue weighted by Gasteiger charge is -2.29. The largest absolute Gasteiger partial charge is 0.507 e. The number of aliphatic hydroxyl groups excluding tert-OH is 1. The molecule has 0 aromatic heterocycles. The molecule has 1 atom stereocenters. The zero-order valence-corrected chi connectivity index (χ0v) is 21.6. The summed E-state index contributed by atoms with van der Waals surface area (Å²) in [5.74, 6) is -0.403. The molecule has 1 N–H and O–H groups in total. The van der Waals surface area contributed by atoms with Crippen LogP contribution in [0.25, 0.3) is 5.76 Å². The fraction of sp³-hybridized carbons (Fsp3) is 0.385. The third-order valence-corrected chi connectivity index (χ3v) is 6.14. The fourth-order valence-electron chi connectivity index (χ4n) is 4.26. The second-order valence-electron chi connectivity index (χ2n) is 7.84. The number of nitrogens with zero attached hydrogens (tertiary/aromatic N) is 2. The molecule has 0 aliphatic carbocycles. The van der Waals surface area contributed by atoms with E-state index >= 15 is 0 Å². The normalized spacial score (nSPS) is 16.9. The van der Waals surface area contributed by atoms with Crippen LogP contribution in [-0.4, -0.2) is 74.1 Å². The van der Waals surface area contributed by atoms with Gasteiger partial charge < -0.3 is 29.1 Å². The van der Waals surface area contributed by atoms with Crippen LogP contribution in [0.2, 0.25) is 0 Å². The van der Waals surface area contributed by atoms with Crippen LogP contribution in [-0.2, 0) is 9.59 Å². The second-order valence-corrected chi connectivity index (χ2v) is 7.84. The molecular formula is C26H33ClN2O6. The molecule has 3 rings (SSSR count). The molecule has 0 spiro atoms. The van der Waals surface area contributed by atoms with Gasteiger partial charge in [-0.3, -0.25) is 9.59 Å². The zero-order chi connectivity index (χ0) is 24.8. The molecule has 1 unspecified atom stereocenters. The molecule has 1 heterocycles. The molecule has 35 heavy (non-hydrogen) atoms. The predicted octanol–water partition coefficient (Wildman–Crippen LogP) is 3.90. The van der Waals surface area contributed by atoms with Crippen LogP contribution in [0.5, 0.6) is 17.2 Å². The molecule has 1 saturated heterocycles. The fourth-order valence-corrected chi connectivity index (χ4v) is 4.26. The van der Waals surface area contributed by atoms with E-state index in [0.717, 1.165) is 13.1 Å². The highest BCUT2D eigenvalue weighted by molar-refractivity contribution is 6.46. The van der Waals surface area contributed by atoms with E-state index in [0.29, 0.717) is 41.5 Å². The first-order chi connectivity index (χ1) is 16.4. The molecule has 190 valence electrons. The van der Waals surface area contributed by atoms with Crippen molar-refractivity contribution in [2.75, 3.05) is 47.5 Å². The Morgan fingerprint density at radius 1 is 0.971 bits per heavy atom. The first-order valence-electron chi connectivity index (χ1n) is 11.3. The second kappa shape index (κ2) is 12.5. The van der Waals surface area contributed by atoms with Crippen LogP contribution in [0.4, 0.5) is 0 Å². The highest BCUT2D eigenvalue weighted by Gasteiger charge is 2.46. The number of carbonyl (C=O) groups excluding carboxylic acids is 2. The van der Waals surface area contributed by atoms with Crippen LogP contribution < -0.4 is 14.2 Å². The average Bonchev–Trinajstić information content (AvgIpc) is 3.13. The molecule has 0 saturated carbocycles. The minimum atomic E-state index is -0.815. The van der Waals surface area contributed by atoms with Gasteiger partial charge in [-0.05, 0) is 30.8 Å². The number of ether oxygens (including phenoxy) is 3. The van der Waals surface area contributed by atoms with Gasteiger partial charge in [0.1, 0.15) is 5.76 Å². The van der Waals surface area contributed by atoms with Gasteiger partial charge in [0.15, 0.2) is 11.5 Å². The predicted molar refractivity (Wildman–Crippen MR) is 137 cm³/mol. The van der Waals surface area contributed by atoms with Gasteiger partial charge in [-0.1, -0.05) is 44.2 Å². The molecule has 2 aromatic rings. The Morgan fingerprint density at radius 3 is 2.03 bits per heavy atom. The van der Waals surface area contributed by atoms with Crippen molar-refractivity contribution < 1.29 is 28.9 Å². The Labute approximate surface area is 212 Å². The SMILES string of the molecule is CCN(CC)CCN1C(=O)C(=O)C(=C(O)c2ccccc2)C1c1cc(OC)c(OC)c(OC)c1.Cl. The monoisotopic (exact) mass is 504 g/mol. The number of likely N-dealkylation sites (tertiary alicyclic amines) is 1. The van der Waals surface area contributed by atoms with Crippen molar-refractivity contribution in [3.05, 3.63) is 59.2 Å². The molecule has 1 aliphatic heterocycles. The number of hydrogen-bond acceptors (Lipinski definition) is 7. The number of halogens is 1. The maximum absolute atomic E-state index is 13.2. The van der Waals surface area contributed by atoms with Crippen molar-refractivity contribution in [2.24, 2.45) is 0 Å². The number of aliphatic hydroxyl groups is 1. The molecular weight excluding hydrogens is 472 g/mol. The van der Waals surface area contributed by atoms with E-state index in [-0.39, 0.29) is 23.7 Å². The average molecular weight is 505 g/mol. The number of ketones is 1. The Kier molecular flexibility index (Phi) is 9.98. The summed E-state index contributed by atoms with van der Waals surface area (Å²) in [6.07, 6.45) is 0. The number of benzene rings is 2. The maximum Gasteiger partial charge on any atom is 0.295 e. The Hall–Kier alpha value is -3.23. The summed E-state index contributed by atoms with van der Waals surface area (Å²) in [4.78, 5) is 30.1. The molecule has 1 amide bonds. The van der Waals surface area contributed by atoms with Gasteiger partial charge in [0.25, 0.3) is 11.7 Å². The summed E-state index contributed by atoms with van der Waals surface area (Å²) in [6, 6.07) is 11.3. The van der Waals surface area contributed by atoms with Gasteiger partial charge in [-0.2, -0.15) is 0 Å². The number of carbonyl (C=O) groups is 2. The van der Waals surface area contributed by atoms with E-state index in [2.05, 4.69) is 4.90 Å². The van der Waals surface area contributed by atoms with Gasteiger partial charge in [0.05, 0.1) is 32.9 Å². The summed E-state index contributed by atoms with van der Waals surface area (Å²) < 4.78 is 16.4. The summed E-state index contributed by atoms with van der Waals surface area (Å²) >= 11 is 0. The number of hydrogen-bond donors (Lipinski definition) is 1. The van der Waals surface area contributed by atoms with Gasteiger partial charge in [-0.25, -0.2) is 0 Å². The lowest BCUT2D eigenvalue weighted by Crippen LogP contribution is -2.38. The number of methoxy groups -OCH3 is 3. The van der Waals surface area contributed by atoms with Crippen LogP contribution in [0.1, 0.15) is 31.0 Å². The highest BCUT2D eigenvalue weighted by Crippen LogP contribution is 2.45. The Morgan fingerprint density at radius 2 is 1.54 bits per heavy atom. The molecule has 8 nitrogen and oxygen atoms in total. The lowest BCUT2D eigenvalue weighted by atomic mass is 9.94. The smallest absolute Gasteiger partial charge is 0.295 e. The third kappa shape index (κ3) is 5.55. The van der Waals surface area contributed by atoms with Crippen molar-refractivity contribution in [2.45, 2.75) is 19.9 Å².